The molecule has 2 N–H and O–H groups in total. The van der Waals surface area contributed by atoms with Gasteiger partial charge in [-0.05, 0) is 43.5 Å². The Labute approximate surface area is 165 Å². The van der Waals surface area contributed by atoms with Gasteiger partial charge in [0.1, 0.15) is 5.58 Å². The minimum absolute atomic E-state index is 0.0427. The van der Waals surface area contributed by atoms with Crippen LogP contribution in [0.3, 0.4) is 0 Å². The standard InChI is InChI=1S/C23H26N2O3/c1-23(2,27)15-25-11-10-18-16(13-25)6-5-8-20(18)24-22(26)12-17-14-28-21-9-4-3-7-19(17)21/h3-9,14,27H,10-13,15H2,1-2H3,(H,24,26). The minimum Gasteiger partial charge on any atom is -0.464 e. The maximum Gasteiger partial charge on any atom is 0.228 e. The Morgan fingerprint density at radius 3 is 2.86 bits per heavy atom. The lowest BCUT2D eigenvalue weighted by atomic mass is 9.96. The highest BCUT2D eigenvalue weighted by Gasteiger charge is 2.24. The van der Waals surface area contributed by atoms with E-state index in [0.29, 0.717) is 6.54 Å². The highest BCUT2D eigenvalue weighted by Crippen LogP contribution is 2.28. The Hall–Kier alpha value is -2.63. The third-order valence-corrected chi connectivity index (χ3v) is 5.14. The Morgan fingerprint density at radius 2 is 2.04 bits per heavy atom. The number of carbonyl (C=O) groups is 1. The topological polar surface area (TPSA) is 65.7 Å². The van der Waals surface area contributed by atoms with E-state index in [0.717, 1.165) is 41.7 Å². The number of para-hydroxylation sites is 1. The van der Waals surface area contributed by atoms with E-state index in [1.807, 2.05) is 50.2 Å². The number of hydrogen-bond acceptors (Lipinski definition) is 4. The number of fused-ring (bicyclic) bond motifs is 2. The number of rotatable bonds is 5. The quantitative estimate of drug-likeness (QED) is 0.710. The predicted octanol–water partition coefficient (Wildman–Crippen LogP) is 3.74. The number of anilines is 1. The second-order valence-electron chi connectivity index (χ2n) is 8.20. The number of furan rings is 1. The van der Waals surface area contributed by atoms with Crippen LogP contribution in [0.2, 0.25) is 0 Å². The van der Waals surface area contributed by atoms with E-state index in [1.165, 1.54) is 11.1 Å². The van der Waals surface area contributed by atoms with Crippen LogP contribution in [-0.2, 0) is 24.2 Å². The Bertz CT molecular complexity index is 1000. The summed E-state index contributed by atoms with van der Waals surface area (Å²) in [5.74, 6) is -0.0427. The molecule has 2 aromatic carbocycles. The largest absolute Gasteiger partial charge is 0.464 e. The van der Waals surface area contributed by atoms with Crippen LogP contribution in [0.25, 0.3) is 11.0 Å². The molecule has 1 aromatic heterocycles. The molecule has 1 aliphatic rings. The summed E-state index contributed by atoms with van der Waals surface area (Å²) in [6.07, 6.45) is 2.81. The van der Waals surface area contributed by atoms with Gasteiger partial charge in [0.15, 0.2) is 0 Å². The summed E-state index contributed by atoms with van der Waals surface area (Å²) in [6.45, 7) is 5.96. The number of carbonyl (C=O) groups excluding carboxylic acids is 1. The fourth-order valence-electron chi connectivity index (χ4n) is 4.00. The van der Waals surface area contributed by atoms with Crippen molar-refractivity contribution in [2.75, 3.05) is 18.4 Å². The molecule has 5 heteroatoms. The van der Waals surface area contributed by atoms with Crippen molar-refractivity contribution in [3.8, 4) is 0 Å². The maximum absolute atomic E-state index is 12.7. The van der Waals surface area contributed by atoms with Gasteiger partial charge in [0.25, 0.3) is 0 Å². The third-order valence-electron chi connectivity index (χ3n) is 5.14. The van der Waals surface area contributed by atoms with E-state index >= 15 is 0 Å². The van der Waals surface area contributed by atoms with E-state index in [9.17, 15) is 9.90 Å². The summed E-state index contributed by atoms with van der Waals surface area (Å²) in [4.78, 5) is 14.9. The van der Waals surface area contributed by atoms with Crippen LogP contribution in [0.15, 0.2) is 53.1 Å². The van der Waals surface area contributed by atoms with Crippen molar-refractivity contribution in [3.05, 3.63) is 65.4 Å². The first-order valence-corrected chi connectivity index (χ1v) is 9.69. The van der Waals surface area contributed by atoms with Crippen molar-refractivity contribution in [2.24, 2.45) is 0 Å². The molecule has 0 radical (unpaired) electrons. The molecule has 0 aliphatic carbocycles. The molecule has 0 unspecified atom stereocenters. The van der Waals surface area contributed by atoms with Gasteiger partial charge in [-0.1, -0.05) is 30.3 Å². The van der Waals surface area contributed by atoms with Gasteiger partial charge in [0.05, 0.1) is 18.3 Å². The second kappa shape index (κ2) is 7.41. The summed E-state index contributed by atoms with van der Waals surface area (Å²) < 4.78 is 5.54. The summed E-state index contributed by atoms with van der Waals surface area (Å²) in [6, 6.07) is 13.8. The first-order chi connectivity index (χ1) is 13.4. The minimum atomic E-state index is -0.712. The van der Waals surface area contributed by atoms with Crippen LogP contribution < -0.4 is 5.32 Å². The zero-order chi connectivity index (χ0) is 19.7. The van der Waals surface area contributed by atoms with Gasteiger partial charge >= 0.3 is 0 Å². The van der Waals surface area contributed by atoms with Gasteiger partial charge in [0.2, 0.25) is 5.91 Å². The molecule has 146 valence electrons. The zero-order valence-electron chi connectivity index (χ0n) is 16.4. The van der Waals surface area contributed by atoms with E-state index < -0.39 is 5.60 Å². The van der Waals surface area contributed by atoms with Gasteiger partial charge in [-0.15, -0.1) is 0 Å². The molecule has 1 aliphatic heterocycles. The van der Waals surface area contributed by atoms with E-state index in [2.05, 4.69) is 16.3 Å². The molecule has 0 saturated heterocycles. The Kier molecular flexibility index (Phi) is 4.96. The first-order valence-electron chi connectivity index (χ1n) is 9.69. The van der Waals surface area contributed by atoms with Crippen LogP contribution in [-0.4, -0.2) is 34.6 Å². The van der Waals surface area contributed by atoms with Crippen LogP contribution in [0, 0.1) is 0 Å². The maximum atomic E-state index is 12.7. The Balaban J connectivity index is 1.47. The molecule has 28 heavy (non-hydrogen) atoms. The van der Waals surface area contributed by atoms with Crippen LogP contribution >= 0.6 is 0 Å². The lowest BCUT2D eigenvalue weighted by Crippen LogP contribution is -2.41. The lowest BCUT2D eigenvalue weighted by Gasteiger charge is -2.33. The summed E-state index contributed by atoms with van der Waals surface area (Å²) in [5, 5.41) is 14.2. The smallest absolute Gasteiger partial charge is 0.228 e. The third kappa shape index (κ3) is 4.11. The van der Waals surface area contributed by atoms with Crippen LogP contribution in [0.5, 0.6) is 0 Å². The molecule has 3 aromatic rings. The number of hydrogen-bond donors (Lipinski definition) is 2. The van der Waals surface area contributed by atoms with Gasteiger partial charge < -0.3 is 14.8 Å². The fraction of sp³-hybridized carbons (Fsp3) is 0.348. The average molecular weight is 378 g/mol. The average Bonchev–Trinajstić information content (AvgIpc) is 3.03. The molecule has 2 heterocycles. The zero-order valence-corrected chi connectivity index (χ0v) is 16.4. The second-order valence-corrected chi connectivity index (χ2v) is 8.20. The Morgan fingerprint density at radius 1 is 1.21 bits per heavy atom. The monoisotopic (exact) mass is 378 g/mol. The van der Waals surface area contributed by atoms with Crippen molar-refractivity contribution >= 4 is 22.6 Å². The number of β-amino-alcohol motifs (C(OH)–C–C–N with tert-alkyl or cyclic N) is 1. The summed E-state index contributed by atoms with van der Waals surface area (Å²) >= 11 is 0. The van der Waals surface area contributed by atoms with E-state index in [4.69, 9.17) is 4.42 Å². The summed E-state index contributed by atoms with van der Waals surface area (Å²) in [7, 11) is 0. The number of benzene rings is 2. The molecule has 0 spiro atoms. The van der Waals surface area contributed by atoms with Gasteiger partial charge in [-0.2, -0.15) is 0 Å². The highest BCUT2D eigenvalue weighted by atomic mass is 16.3. The molecule has 0 saturated carbocycles. The van der Waals surface area contributed by atoms with Crippen molar-refractivity contribution < 1.29 is 14.3 Å². The molecule has 1 amide bonds. The van der Waals surface area contributed by atoms with Crippen molar-refractivity contribution in [1.29, 1.82) is 0 Å². The van der Waals surface area contributed by atoms with Gasteiger partial charge in [-0.3, -0.25) is 9.69 Å². The highest BCUT2D eigenvalue weighted by molar-refractivity contribution is 5.96. The molecule has 4 rings (SSSR count). The molecular formula is C23H26N2O3. The predicted molar refractivity (Wildman–Crippen MR) is 110 cm³/mol. The van der Waals surface area contributed by atoms with Crippen LogP contribution in [0.4, 0.5) is 5.69 Å². The SMILES string of the molecule is CC(C)(O)CN1CCc2c(cccc2NC(=O)Cc2coc3ccccc23)C1. The normalized spacial score (nSPS) is 14.8. The molecule has 0 atom stereocenters. The van der Waals surface area contributed by atoms with E-state index in [-0.39, 0.29) is 12.3 Å². The van der Waals surface area contributed by atoms with Crippen molar-refractivity contribution in [3.63, 3.8) is 0 Å². The van der Waals surface area contributed by atoms with Crippen molar-refractivity contribution in [1.82, 2.24) is 4.90 Å². The van der Waals surface area contributed by atoms with Crippen molar-refractivity contribution in [2.45, 2.75) is 38.8 Å². The summed E-state index contributed by atoms with van der Waals surface area (Å²) in [5.41, 5.74) is 4.28. The van der Waals surface area contributed by atoms with Crippen LogP contribution in [0.1, 0.15) is 30.5 Å². The number of nitrogens with one attached hydrogen (secondary N) is 1. The molecule has 0 bridgehead atoms. The molecule has 5 nitrogen and oxygen atoms in total. The van der Waals surface area contributed by atoms with E-state index in [1.54, 1.807) is 6.26 Å². The lowest BCUT2D eigenvalue weighted by molar-refractivity contribution is -0.115. The molecule has 0 fully saturated rings. The molecular weight excluding hydrogens is 352 g/mol. The number of nitrogens with zero attached hydrogens (tertiary/aromatic N) is 1. The first kappa shape index (κ1) is 18.7. The van der Waals surface area contributed by atoms with Gasteiger partial charge in [-0.25, -0.2) is 0 Å². The fourth-order valence-corrected chi connectivity index (χ4v) is 4.00. The number of aliphatic hydroxyl groups is 1. The number of amides is 1. The van der Waals surface area contributed by atoms with Gasteiger partial charge in [0, 0.05) is 36.3 Å².